The second-order valence-electron chi connectivity index (χ2n) is 18.3. The molecule has 14 atom stereocenters. The predicted octanol–water partition coefficient (Wildman–Crippen LogP) is 5.78. The summed E-state index contributed by atoms with van der Waals surface area (Å²) < 4.78 is 38.3. The van der Waals surface area contributed by atoms with Gasteiger partial charge in [0.15, 0.2) is 11.9 Å². The molecule has 4 amide bonds. The van der Waals surface area contributed by atoms with Crippen LogP contribution in [0.4, 0.5) is 14.4 Å². The number of halogens is 1. The van der Waals surface area contributed by atoms with E-state index in [9.17, 15) is 29.1 Å². The SMILES string of the molecule is CC[C@H]1OC(=O)[C@H](C)[C@@H](OC(=O)N2CCN(C)C2=O)[C@H](C)[C@@H](O[C@@H]2O[C@H](C)C[C@H](N(C)CC)[C@H]2O)[C@@](C)(OC)C[C@@H](C)C(=O)[C@@H](C)[C@H]2N(CCc3ccc(Cl)cc3)C(=O)O[C@]12C. The van der Waals surface area contributed by atoms with Crippen LogP contribution in [0.5, 0.6) is 0 Å². The van der Waals surface area contributed by atoms with Gasteiger partial charge in [-0.1, -0.05) is 58.4 Å². The van der Waals surface area contributed by atoms with Crippen LogP contribution in [0.3, 0.4) is 0 Å². The first-order valence-electron chi connectivity index (χ1n) is 22.1. The van der Waals surface area contributed by atoms with Gasteiger partial charge in [-0.05, 0) is 84.7 Å². The third-order valence-electron chi connectivity index (χ3n) is 14.0. The van der Waals surface area contributed by atoms with E-state index in [-0.39, 0.29) is 43.9 Å². The molecule has 1 aromatic rings. The minimum atomic E-state index is -1.48. The van der Waals surface area contributed by atoms with E-state index in [2.05, 4.69) is 0 Å². The van der Waals surface area contributed by atoms with Gasteiger partial charge >= 0.3 is 24.2 Å². The molecule has 5 rings (SSSR count). The Kier molecular flexibility index (Phi) is 16.0. The number of carbonyl (C=O) groups is 5. The molecule has 62 heavy (non-hydrogen) atoms. The summed E-state index contributed by atoms with van der Waals surface area (Å²) in [6, 6.07) is 5.55. The Morgan fingerprint density at radius 2 is 1.68 bits per heavy atom. The Labute approximate surface area is 371 Å². The molecule has 1 aromatic carbocycles. The number of esters is 1. The van der Waals surface area contributed by atoms with Gasteiger partial charge in [0.1, 0.15) is 24.1 Å². The average Bonchev–Trinajstić information content (AvgIpc) is 3.72. The number of urea groups is 1. The summed E-state index contributed by atoms with van der Waals surface area (Å²) >= 11 is 6.15. The van der Waals surface area contributed by atoms with Crippen molar-refractivity contribution in [2.24, 2.45) is 23.7 Å². The number of ketones is 1. The van der Waals surface area contributed by atoms with Crippen molar-refractivity contribution in [3.8, 4) is 0 Å². The predicted molar refractivity (Wildman–Crippen MR) is 229 cm³/mol. The summed E-state index contributed by atoms with van der Waals surface area (Å²) in [6.45, 7) is 17.3. The highest BCUT2D eigenvalue weighted by atomic mass is 35.5. The van der Waals surface area contributed by atoms with Crippen LogP contribution in [0.25, 0.3) is 0 Å². The minimum absolute atomic E-state index is 0.0749. The van der Waals surface area contributed by atoms with Crippen molar-refractivity contribution < 1.29 is 57.5 Å². The molecule has 4 aliphatic rings. The van der Waals surface area contributed by atoms with E-state index in [4.69, 9.17) is 40.0 Å². The molecular weight excluding hydrogens is 824 g/mol. The number of likely N-dealkylation sites (N-methyl/N-ethyl adjacent to an activating group) is 2. The largest absolute Gasteiger partial charge is 0.458 e. The lowest BCUT2D eigenvalue weighted by Crippen LogP contribution is -2.61. The molecule has 1 N–H and O–H groups in total. The lowest BCUT2D eigenvalue weighted by Gasteiger charge is -2.48. The number of imide groups is 1. The molecule has 0 radical (unpaired) electrons. The number of Topliss-reactive ketones (excluding diaryl/α,β-unsaturated/α-hetero) is 1. The van der Waals surface area contributed by atoms with E-state index < -0.39 is 95.8 Å². The van der Waals surface area contributed by atoms with Crippen LogP contribution < -0.4 is 0 Å². The van der Waals surface area contributed by atoms with E-state index in [0.717, 1.165) is 10.5 Å². The van der Waals surface area contributed by atoms with Crippen LogP contribution >= 0.6 is 11.6 Å². The van der Waals surface area contributed by atoms with Gasteiger partial charge in [-0.2, -0.15) is 0 Å². The summed E-state index contributed by atoms with van der Waals surface area (Å²) in [4.78, 5) is 76.5. The molecule has 4 aliphatic heterocycles. The number of aliphatic hydroxyl groups excluding tert-OH is 1. The molecule has 0 saturated carbocycles. The maximum atomic E-state index is 14.9. The Morgan fingerprint density at radius 3 is 2.26 bits per heavy atom. The van der Waals surface area contributed by atoms with E-state index in [1.54, 1.807) is 72.5 Å². The van der Waals surface area contributed by atoms with Gasteiger partial charge in [0.25, 0.3) is 0 Å². The third-order valence-corrected chi connectivity index (χ3v) is 14.2. The molecule has 16 nitrogen and oxygen atoms in total. The van der Waals surface area contributed by atoms with Gasteiger partial charge in [0.2, 0.25) is 0 Å². The monoisotopic (exact) mass is 892 g/mol. The van der Waals surface area contributed by atoms with Crippen molar-refractivity contribution in [1.29, 1.82) is 0 Å². The number of cyclic esters (lactones) is 1. The van der Waals surface area contributed by atoms with Crippen LogP contribution in [0, 0.1) is 23.7 Å². The number of amides is 4. The quantitative estimate of drug-likeness (QED) is 0.222. The Hall–Kier alpha value is -3.54. The fourth-order valence-electron chi connectivity index (χ4n) is 10.1. The lowest BCUT2D eigenvalue weighted by molar-refractivity contribution is -0.301. The van der Waals surface area contributed by atoms with Crippen molar-refractivity contribution in [3.63, 3.8) is 0 Å². The molecule has 17 heteroatoms. The van der Waals surface area contributed by atoms with E-state index in [1.807, 2.05) is 37.9 Å². The first kappa shape index (κ1) is 49.5. The minimum Gasteiger partial charge on any atom is -0.458 e. The van der Waals surface area contributed by atoms with E-state index >= 15 is 0 Å². The maximum Gasteiger partial charge on any atom is 0.418 e. The highest BCUT2D eigenvalue weighted by Gasteiger charge is 2.60. The molecule has 0 spiro atoms. The molecule has 0 aromatic heterocycles. The number of hydrogen-bond acceptors (Lipinski definition) is 13. The van der Waals surface area contributed by atoms with Crippen molar-refractivity contribution in [1.82, 2.24) is 19.6 Å². The van der Waals surface area contributed by atoms with Crippen molar-refractivity contribution in [3.05, 3.63) is 34.9 Å². The van der Waals surface area contributed by atoms with Gasteiger partial charge in [0.05, 0.1) is 36.3 Å². The number of methoxy groups -OCH3 is 1. The van der Waals surface area contributed by atoms with Gasteiger partial charge in [-0.15, -0.1) is 0 Å². The summed E-state index contributed by atoms with van der Waals surface area (Å²) in [6.07, 6.45) is -6.38. The Bertz CT molecular complexity index is 1770. The topological polar surface area (TPSA) is 174 Å². The van der Waals surface area contributed by atoms with Crippen molar-refractivity contribution in [2.45, 2.75) is 148 Å². The van der Waals surface area contributed by atoms with Crippen LogP contribution in [0.2, 0.25) is 5.02 Å². The van der Waals surface area contributed by atoms with E-state index in [1.165, 1.54) is 12.0 Å². The van der Waals surface area contributed by atoms with Gasteiger partial charge in [-0.3, -0.25) is 14.5 Å². The van der Waals surface area contributed by atoms with Crippen LogP contribution in [-0.2, 0) is 44.4 Å². The molecular formula is C45H69ClN4O12. The number of nitrogens with zero attached hydrogens (tertiary/aromatic N) is 4. The van der Waals surface area contributed by atoms with Gasteiger partial charge in [-0.25, -0.2) is 19.3 Å². The molecule has 4 fully saturated rings. The number of hydrogen-bond donors (Lipinski definition) is 1. The maximum absolute atomic E-state index is 14.9. The standard InChI is InChI=1S/C45H69ClN4O12/c1-13-33-45(9)37(49(43(56)62-45)20-19-30-15-17-31(46)18-16-30)27(5)34(51)25(3)24-44(8,57-12)38(61-40-35(52)32(47(10)14-2)23-26(4)58-40)28(6)36(29(7)39(53)59-33)60-42(55)50-22-21-48(11)41(50)54/h15-18,25-29,32-33,35-38,40,52H,13-14,19-24H2,1-12H3/t25-,26-,27-,28+,29-,32+,33-,35-,36+,37-,38-,40+,44+,45-/m1/s1. The number of ether oxygens (including phenoxy) is 6. The first-order chi connectivity index (χ1) is 29.1. The molecule has 4 heterocycles. The number of benzene rings is 1. The summed E-state index contributed by atoms with van der Waals surface area (Å²) in [7, 11) is 4.98. The summed E-state index contributed by atoms with van der Waals surface area (Å²) in [5.41, 5.74) is -1.91. The fourth-order valence-corrected chi connectivity index (χ4v) is 10.2. The van der Waals surface area contributed by atoms with Gasteiger partial charge in [0, 0.05) is 56.1 Å². The normalized spacial score (nSPS) is 37.6. The van der Waals surface area contributed by atoms with Gasteiger partial charge < -0.3 is 43.3 Å². The summed E-state index contributed by atoms with van der Waals surface area (Å²) in [5, 5.41) is 12.4. The third kappa shape index (κ3) is 10.0. The molecule has 0 bridgehead atoms. The lowest BCUT2D eigenvalue weighted by atomic mass is 9.73. The van der Waals surface area contributed by atoms with Crippen LogP contribution in [0.1, 0.15) is 87.1 Å². The second-order valence-corrected chi connectivity index (χ2v) is 18.7. The molecule has 0 unspecified atom stereocenters. The zero-order valence-electron chi connectivity index (χ0n) is 38.5. The second kappa shape index (κ2) is 20.1. The van der Waals surface area contributed by atoms with Crippen LogP contribution in [-0.4, -0.2) is 162 Å². The molecule has 348 valence electrons. The molecule has 0 aliphatic carbocycles. The highest BCUT2D eigenvalue weighted by Crippen LogP contribution is 2.44. The fraction of sp³-hybridized carbons (Fsp3) is 0.756. The van der Waals surface area contributed by atoms with E-state index in [0.29, 0.717) is 31.0 Å². The zero-order chi connectivity index (χ0) is 46.0. The zero-order valence-corrected chi connectivity index (χ0v) is 39.3. The summed E-state index contributed by atoms with van der Waals surface area (Å²) in [5.74, 6) is -4.56. The highest BCUT2D eigenvalue weighted by molar-refractivity contribution is 6.30. The Morgan fingerprint density at radius 1 is 1.02 bits per heavy atom. The average molecular weight is 894 g/mol. The van der Waals surface area contributed by atoms with Crippen molar-refractivity contribution in [2.75, 3.05) is 47.4 Å². The smallest absolute Gasteiger partial charge is 0.418 e. The van der Waals surface area contributed by atoms with Crippen LogP contribution in [0.15, 0.2) is 24.3 Å². The number of carbonyl (C=O) groups excluding carboxylic acids is 5. The number of fused-ring (bicyclic) bond motifs is 1. The number of rotatable bonds is 10. The first-order valence-corrected chi connectivity index (χ1v) is 22.5. The number of aliphatic hydroxyl groups is 1. The van der Waals surface area contributed by atoms with Crippen molar-refractivity contribution >= 4 is 41.6 Å². The molecule has 4 saturated heterocycles. The Balaban J connectivity index is 1.62.